The molecule has 3 nitrogen and oxygen atoms in total. The van der Waals surface area contributed by atoms with Crippen molar-refractivity contribution >= 4 is 5.97 Å². The van der Waals surface area contributed by atoms with E-state index in [0.717, 1.165) is 19.4 Å². The van der Waals surface area contributed by atoms with Gasteiger partial charge in [0.2, 0.25) is 0 Å². The lowest BCUT2D eigenvalue weighted by Crippen LogP contribution is -2.37. The largest absolute Gasteiger partial charge is 0.466 e. The zero-order valence-electron chi connectivity index (χ0n) is 12.7. The molecular formula is C17H25NO2. The van der Waals surface area contributed by atoms with Crippen LogP contribution < -0.4 is 5.32 Å². The molecule has 1 saturated heterocycles. The van der Waals surface area contributed by atoms with Crippen LogP contribution in [0.15, 0.2) is 24.3 Å². The summed E-state index contributed by atoms with van der Waals surface area (Å²) < 4.78 is 5.23. The molecule has 0 amide bonds. The molecule has 2 unspecified atom stereocenters. The molecule has 1 fully saturated rings. The molecule has 20 heavy (non-hydrogen) atoms. The fourth-order valence-electron chi connectivity index (χ4n) is 3.06. The van der Waals surface area contributed by atoms with Gasteiger partial charge in [-0.2, -0.15) is 0 Å². The van der Waals surface area contributed by atoms with Crippen LogP contribution in [0.5, 0.6) is 0 Å². The van der Waals surface area contributed by atoms with Crippen LogP contribution in [0.2, 0.25) is 0 Å². The number of aryl methyl sites for hydroxylation is 1. The number of carbonyl (C=O) groups is 1. The van der Waals surface area contributed by atoms with Crippen molar-refractivity contribution in [3.8, 4) is 0 Å². The molecular weight excluding hydrogens is 250 g/mol. The van der Waals surface area contributed by atoms with Crippen LogP contribution in [0, 0.1) is 5.92 Å². The van der Waals surface area contributed by atoms with Crippen molar-refractivity contribution < 1.29 is 9.53 Å². The summed E-state index contributed by atoms with van der Waals surface area (Å²) in [6.07, 6.45) is 2.26. The van der Waals surface area contributed by atoms with Gasteiger partial charge in [0.05, 0.1) is 12.5 Å². The third-order valence-electron chi connectivity index (χ3n) is 4.33. The first-order chi connectivity index (χ1) is 9.61. The summed E-state index contributed by atoms with van der Waals surface area (Å²) in [4.78, 5) is 12.1. The summed E-state index contributed by atoms with van der Waals surface area (Å²) in [5, 5.41) is 3.34. The van der Waals surface area contributed by atoms with Gasteiger partial charge in [-0.25, -0.2) is 0 Å². The topological polar surface area (TPSA) is 38.3 Å². The maximum atomic E-state index is 12.1. The maximum absolute atomic E-state index is 12.1. The van der Waals surface area contributed by atoms with E-state index in [-0.39, 0.29) is 17.3 Å². The van der Waals surface area contributed by atoms with Crippen molar-refractivity contribution in [2.75, 3.05) is 19.7 Å². The number of benzene rings is 1. The zero-order valence-corrected chi connectivity index (χ0v) is 12.7. The lowest BCUT2D eigenvalue weighted by Gasteiger charge is -2.29. The molecule has 2 atom stereocenters. The monoisotopic (exact) mass is 275 g/mol. The second kappa shape index (κ2) is 6.40. The van der Waals surface area contributed by atoms with E-state index in [9.17, 15) is 4.79 Å². The van der Waals surface area contributed by atoms with Crippen LogP contribution in [-0.4, -0.2) is 25.7 Å². The normalized spacial score (nSPS) is 25.6. The van der Waals surface area contributed by atoms with Gasteiger partial charge in [-0.05, 0) is 24.5 Å². The van der Waals surface area contributed by atoms with Gasteiger partial charge in [0.15, 0.2) is 0 Å². The molecule has 1 aromatic carbocycles. The third kappa shape index (κ3) is 2.88. The Morgan fingerprint density at radius 1 is 1.35 bits per heavy atom. The molecule has 1 aromatic rings. The van der Waals surface area contributed by atoms with E-state index in [1.807, 2.05) is 6.92 Å². The van der Waals surface area contributed by atoms with E-state index in [2.05, 4.69) is 43.4 Å². The van der Waals surface area contributed by atoms with Gasteiger partial charge in [-0.15, -0.1) is 0 Å². The number of carbonyl (C=O) groups excluding carboxylic acids is 1. The van der Waals surface area contributed by atoms with Crippen molar-refractivity contribution in [1.82, 2.24) is 5.32 Å². The maximum Gasteiger partial charge on any atom is 0.311 e. The van der Waals surface area contributed by atoms with Crippen molar-refractivity contribution in [2.45, 2.75) is 39.0 Å². The number of rotatable bonds is 5. The van der Waals surface area contributed by atoms with Gasteiger partial charge in [0, 0.05) is 18.5 Å². The minimum Gasteiger partial charge on any atom is -0.466 e. The van der Waals surface area contributed by atoms with Crippen molar-refractivity contribution in [3.05, 3.63) is 35.4 Å². The van der Waals surface area contributed by atoms with E-state index in [1.165, 1.54) is 11.1 Å². The highest BCUT2D eigenvalue weighted by Crippen LogP contribution is 2.36. The fraction of sp³-hybridized carbons (Fsp3) is 0.588. The highest BCUT2D eigenvalue weighted by molar-refractivity contribution is 5.75. The summed E-state index contributed by atoms with van der Waals surface area (Å²) in [6, 6.07) is 8.71. The standard InChI is InChI=1S/C17H25NO2/c1-4-6-13-7-9-14(10-8-13)17(3)12-18-11-15(17)16(19)20-5-2/h7-10,15,18H,4-6,11-12H2,1-3H3. The highest BCUT2D eigenvalue weighted by Gasteiger charge is 2.45. The van der Waals surface area contributed by atoms with E-state index in [1.54, 1.807) is 0 Å². The molecule has 0 bridgehead atoms. The molecule has 1 N–H and O–H groups in total. The minimum atomic E-state index is -0.170. The lowest BCUT2D eigenvalue weighted by atomic mass is 9.74. The number of hydrogen-bond acceptors (Lipinski definition) is 3. The minimum absolute atomic E-state index is 0.0855. The molecule has 0 aliphatic carbocycles. The fourth-order valence-corrected chi connectivity index (χ4v) is 3.06. The SMILES string of the molecule is CCCc1ccc(C2(C)CNCC2C(=O)OCC)cc1. The van der Waals surface area contributed by atoms with Crippen molar-refractivity contribution in [3.63, 3.8) is 0 Å². The molecule has 0 saturated carbocycles. The lowest BCUT2D eigenvalue weighted by molar-refractivity contribution is -0.149. The molecule has 0 radical (unpaired) electrons. The first-order valence-electron chi connectivity index (χ1n) is 7.58. The average molecular weight is 275 g/mol. The molecule has 0 spiro atoms. The predicted octanol–water partition coefficient (Wildman–Crippen LogP) is 2.68. The van der Waals surface area contributed by atoms with E-state index >= 15 is 0 Å². The Labute approximate surface area is 121 Å². The van der Waals surface area contributed by atoms with Crippen LogP contribution in [0.25, 0.3) is 0 Å². The second-order valence-corrected chi connectivity index (χ2v) is 5.80. The van der Waals surface area contributed by atoms with E-state index in [0.29, 0.717) is 13.2 Å². The summed E-state index contributed by atoms with van der Waals surface area (Å²) in [5.41, 5.74) is 2.41. The Morgan fingerprint density at radius 2 is 2.05 bits per heavy atom. The van der Waals surface area contributed by atoms with Crippen LogP contribution in [0.1, 0.15) is 38.3 Å². The average Bonchev–Trinajstić information content (AvgIpc) is 2.83. The molecule has 110 valence electrons. The molecule has 1 heterocycles. The van der Waals surface area contributed by atoms with E-state index < -0.39 is 0 Å². The zero-order chi connectivity index (χ0) is 14.6. The first kappa shape index (κ1) is 15.0. The molecule has 2 rings (SSSR count). The quantitative estimate of drug-likeness (QED) is 0.840. The first-order valence-corrected chi connectivity index (χ1v) is 7.58. The van der Waals surface area contributed by atoms with Crippen LogP contribution in [0.3, 0.4) is 0 Å². The number of hydrogen-bond donors (Lipinski definition) is 1. The number of ether oxygens (including phenoxy) is 1. The Bertz CT molecular complexity index is 455. The number of esters is 1. The van der Waals surface area contributed by atoms with Crippen LogP contribution in [0.4, 0.5) is 0 Å². The Hall–Kier alpha value is -1.35. The summed E-state index contributed by atoms with van der Waals surface area (Å²) in [6.45, 7) is 8.17. The highest BCUT2D eigenvalue weighted by atomic mass is 16.5. The molecule has 1 aliphatic rings. The second-order valence-electron chi connectivity index (χ2n) is 5.80. The predicted molar refractivity (Wildman–Crippen MR) is 80.8 cm³/mol. The van der Waals surface area contributed by atoms with Gasteiger partial charge in [0.25, 0.3) is 0 Å². The van der Waals surface area contributed by atoms with Gasteiger partial charge in [-0.3, -0.25) is 4.79 Å². The number of nitrogens with one attached hydrogen (secondary N) is 1. The molecule has 0 aromatic heterocycles. The third-order valence-corrected chi connectivity index (χ3v) is 4.33. The van der Waals surface area contributed by atoms with Crippen LogP contribution >= 0.6 is 0 Å². The summed E-state index contributed by atoms with van der Waals surface area (Å²) >= 11 is 0. The Balaban J connectivity index is 2.21. The van der Waals surface area contributed by atoms with Crippen LogP contribution in [-0.2, 0) is 21.4 Å². The Morgan fingerprint density at radius 3 is 2.65 bits per heavy atom. The molecule has 3 heteroatoms. The van der Waals surface area contributed by atoms with Crippen molar-refractivity contribution in [1.29, 1.82) is 0 Å². The smallest absolute Gasteiger partial charge is 0.311 e. The Kier molecular flexibility index (Phi) is 4.81. The van der Waals surface area contributed by atoms with Gasteiger partial charge in [-0.1, -0.05) is 44.5 Å². The van der Waals surface area contributed by atoms with Gasteiger partial charge < -0.3 is 10.1 Å². The van der Waals surface area contributed by atoms with Gasteiger partial charge in [0.1, 0.15) is 0 Å². The summed E-state index contributed by atoms with van der Waals surface area (Å²) in [5.74, 6) is -0.183. The van der Waals surface area contributed by atoms with Crippen molar-refractivity contribution in [2.24, 2.45) is 5.92 Å². The van der Waals surface area contributed by atoms with Gasteiger partial charge >= 0.3 is 5.97 Å². The summed E-state index contributed by atoms with van der Waals surface area (Å²) in [7, 11) is 0. The van der Waals surface area contributed by atoms with E-state index in [4.69, 9.17) is 4.74 Å². The molecule has 1 aliphatic heterocycles.